The molecule has 20 heavy (non-hydrogen) atoms. The topological polar surface area (TPSA) is 79.0 Å². The molecule has 0 saturated carbocycles. The summed E-state index contributed by atoms with van der Waals surface area (Å²) in [6, 6.07) is 7.28. The summed E-state index contributed by atoms with van der Waals surface area (Å²) in [5.41, 5.74) is 2.15. The first-order chi connectivity index (χ1) is 9.41. The molecule has 1 aromatic carbocycles. The van der Waals surface area contributed by atoms with Gasteiger partial charge in [-0.2, -0.15) is 0 Å². The molecule has 0 aliphatic carbocycles. The van der Waals surface area contributed by atoms with Crippen LogP contribution >= 0.6 is 0 Å². The van der Waals surface area contributed by atoms with Crippen molar-refractivity contribution in [3.05, 3.63) is 45.7 Å². The van der Waals surface area contributed by atoms with Crippen molar-refractivity contribution in [2.24, 2.45) is 0 Å². The summed E-state index contributed by atoms with van der Waals surface area (Å²) in [6.45, 7) is 3.83. The molecule has 6 heteroatoms. The Kier molecular flexibility index (Phi) is 4.25. The largest absolute Gasteiger partial charge is 0.322 e. The molecule has 0 spiro atoms. The molecule has 1 heterocycles. The first-order valence-electron chi connectivity index (χ1n) is 6.51. The van der Waals surface area contributed by atoms with E-state index >= 15 is 0 Å². The van der Waals surface area contributed by atoms with E-state index in [0.29, 0.717) is 12.0 Å². The molecule has 5 nitrogen and oxygen atoms in total. The number of aromatic nitrogens is 1. The van der Waals surface area contributed by atoms with Crippen molar-refractivity contribution in [1.82, 2.24) is 9.71 Å². The highest BCUT2D eigenvalue weighted by molar-refractivity contribution is 7.89. The molecule has 0 bridgehead atoms. The molecule has 0 saturated heterocycles. The van der Waals surface area contributed by atoms with Crippen LogP contribution in [0.3, 0.4) is 0 Å². The van der Waals surface area contributed by atoms with Crippen molar-refractivity contribution in [1.29, 1.82) is 0 Å². The van der Waals surface area contributed by atoms with Crippen LogP contribution in [0.1, 0.15) is 24.5 Å². The number of pyridine rings is 1. The van der Waals surface area contributed by atoms with Crippen LogP contribution in [-0.2, 0) is 16.6 Å². The van der Waals surface area contributed by atoms with Crippen LogP contribution in [0.25, 0.3) is 10.9 Å². The number of aromatic amines is 1. The second-order valence-electron chi connectivity index (χ2n) is 4.84. The fourth-order valence-corrected chi connectivity index (χ4v) is 3.08. The number of aryl methyl sites for hydroxylation is 1. The Balaban J connectivity index is 2.24. The van der Waals surface area contributed by atoms with E-state index in [0.717, 1.165) is 16.5 Å². The van der Waals surface area contributed by atoms with E-state index in [4.69, 9.17) is 0 Å². The molecule has 1 aromatic heterocycles. The number of hydrogen-bond acceptors (Lipinski definition) is 3. The molecule has 0 atom stereocenters. The smallest absolute Gasteiger partial charge is 0.251 e. The predicted molar refractivity (Wildman–Crippen MR) is 80.2 cm³/mol. The second kappa shape index (κ2) is 5.76. The summed E-state index contributed by atoms with van der Waals surface area (Å²) in [5.74, 6) is 0.132. The van der Waals surface area contributed by atoms with Gasteiger partial charge < -0.3 is 4.98 Å². The highest BCUT2D eigenvalue weighted by Crippen LogP contribution is 2.13. The van der Waals surface area contributed by atoms with E-state index < -0.39 is 10.0 Å². The highest BCUT2D eigenvalue weighted by Gasteiger charge is 2.08. The number of sulfonamides is 1. The van der Waals surface area contributed by atoms with Crippen molar-refractivity contribution in [3.8, 4) is 0 Å². The third kappa shape index (κ3) is 3.46. The zero-order valence-electron chi connectivity index (χ0n) is 11.6. The Labute approximate surface area is 118 Å². The Morgan fingerprint density at radius 3 is 2.70 bits per heavy atom. The number of benzene rings is 1. The van der Waals surface area contributed by atoms with Crippen LogP contribution in [0, 0.1) is 6.92 Å². The van der Waals surface area contributed by atoms with E-state index in [2.05, 4.69) is 9.71 Å². The van der Waals surface area contributed by atoms with Gasteiger partial charge in [-0.15, -0.1) is 0 Å². The molecule has 0 amide bonds. The van der Waals surface area contributed by atoms with Crippen LogP contribution in [0.5, 0.6) is 0 Å². The average Bonchev–Trinajstić information content (AvgIpc) is 2.38. The third-order valence-electron chi connectivity index (χ3n) is 3.06. The van der Waals surface area contributed by atoms with Gasteiger partial charge in [-0.3, -0.25) is 4.79 Å². The summed E-state index contributed by atoms with van der Waals surface area (Å²) >= 11 is 0. The minimum absolute atomic E-state index is 0.103. The van der Waals surface area contributed by atoms with E-state index in [1.165, 1.54) is 0 Å². The van der Waals surface area contributed by atoms with Crippen molar-refractivity contribution in [2.45, 2.75) is 26.8 Å². The van der Waals surface area contributed by atoms with Gasteiger partial charge in [0.15, 0.2) is 0 Å². The second-order valence-corrected chi connectivity index (χ2v) is 6.77. The molecule has 2 N–H and O–H groups in total. The van der Waals surface area contributed by atoms with Gasteiger partial charge in [0.05, 0.1) is 5.75 Å². The van der Waals surface area contributed by atoms with Crippen LogP contribution in [0.2, 0.25) is 0 Å². The number of hydrogen-bond donors (Lipinski definition) is 2. The lowest BCUT2D eigenvalue weighted by atomic mass is 10.1. The van der Waals surface area contributed by atoms with Crippen LogP contribution in [-0.4, -0.2) is 19.2 Å². The normalized spacial score (nSPS) is 11.9. The van der Waals surface area contributed by atoms with E-state index in [1.54, 1.807) is 19.1 Å². The van der Waals surface area contributed by atoms with E-state index in [9.17, 15) is 13.2 Å². The average molecular weight is 294 g/mol. The molecule has 2 rings (SSSR count). The first-order valence-corrected chi connectivity index (χ1v) is 8.16. The molecule has 0 fully saturated rings. The molecule has 2 aromatic rings. The molecular formula is C14H18N2O3S. The van der Waals surface area contributed by atoms with Gasteiger partial charge in [0, 0.05) is 17.6 Å². The lowest BCUT2D eigenvalue weighted by Gasteiger charge is -2.07. The van der Waals surface area contributed by atoms with Gasteiger partial charge in [0.25, 0.3) is 5.56 Å². The Morgan fingerprint density at radius 1 is 1.25 bits per heavy atom. The lowest BCUT2D eigenvalue weighted by Crippen LogP contribution is -2.25. The van der Waals surface area contributed by atoms with Gasteiger partial charge >= 0.3 is 0 Å². The predicted octanol–water partition coefficient (Wildman–Crippen LogP) is 1.67. The number of fused-ring (bicyclic) bond motifs is 1. The van der Waals surface area contributed by atoms with Gasteiger partial charge in [-0.25, -0.2) is 13.1 Å². The quantitative estimate of drug-likeness (QED) is 0.880. The Bertz CT molecular complexity index is 779. The third-order valence-corrected chi connectivity index (χ3v) is 4.59. The minimum atomic E-state index is -3.21. The summed E-state index contributed by atoms with van der Waals surface area (Å²) < 4.78 is 25.8. The van der Waals surface area contributed by atoms with E-state index in [-0.39, 0.29) is 17.9 Å². The van der Waals surface area contributed by atoms with Crippen LogP contribution in [0.15, 0.2) is 29.1 Å². The van der Waals surface area contributed by atoms with Crippen molar-refractivity contribution >= 4 is 20.9 Å². The van der Waals surface area contributed by atoms with Gasteiger partial charge in [-0.05, 0) is 42.5 Å². The first kappa shape index (κ1) is 14.7. The van der Waals surface area contributed by atoms with Gasteiger partial charge in [0.2, 0.25) is 10.0 Å². The molecule has 108 valence electrons. The monoisotopic (exact) mass is 294 g/mol. The maximum atomic E-state index is 11.6. The number of H-pyrrole nitrogens is 1. The Morgan fingerprint density at radius 2 is 2.00 bits per heavy atom. The zero-order valence-corrected chi connectivity index (χ0v) is 12.4. The molecule has 0 aliphatic rings. The minimum Gasteiger partial charge on any atom is -0.322 e. The standard InChI is InChI=1S/C14H18N2O3S/c1-3-6-20(18,19)15-9-11-4-5-13-12(8-11)7-10(2)14(17)16-13/h4-5,7-8,15H,3,6,9H2,1-2H3,(H,16,17). The van der Waals surface area contributed by atoms with E-state index in [1.807, 2.05) is 19.1 Å². The summed E-state index contributed by atoms with van der Waals surface area (Å²) in [4.78, 5) is 14.3. The van der Waals surface area contributed by atoms with Crippen molar-refractivity contribution < 1.29 is 8.42 Å². The molecule has 0 radical (unpaired) electrons. The zero-order chi connectivity index (χ0) is 14.8. The summed E-state index contributed by atoms with van der Waals surface area (Å²) in [7, 11) is -3.21. The van der Waals surface area contributed by atoms with Crippen LogP contribution in [0.4, 0.5) is 0 Å². The molecular weight excluding hydrogens is 276 g/mol. The Hall–Kier alpha value is -1.66. The maximum absolute atomic E-state index is 11.6. The lowest BCUT2D eigenvalue weighted by molar-refractivity contribution is 0.580. The number of rotatable bonds is 5. The molecule has 0 aliphatic heterocycles. The van der Waals surface area contributed by atoms with Gasteiger partial charge in [-0.1, -0.05) is 13.0 Å². The summed E-state index contributed by atoms with van der Waals surface area (Å²) in [6.07, 6.45) is 0.591. The number of nitrogens with one attached hydrogen (secondary N) is 2. The summed E-state index contributed by atoms with van der Waals surface area (Å²) in [5, 5.41) is 0.897. The maximum Gasteiger partial charge on any atom is 0.251 e. The highest BCUT2D eigenvalue weighted by atomic mass is 32.2. The SMILES string of the molecule is CCCS(=O)(=O)NCc1ccc2[nH]c(=O)c(C)cc2c1. The molecule has 0 unspecified atom stereocenters. The fraction of sp³-hybridized carbons (Fsp3) is 0.357. The van der Waals surface area contributed by atoms with Crippen molar-refractivity contribution in [2.75, 3.05) is 5.75 Å². The van der Waals surface area contributed by atoms with Crippen LogP contribution < -0.4 is 10.3 Å². The van der Waals surface area contributed by atoms with Crippen molar-refractivity contribution in [3.63, 3.8) is 0 Å². The van der Waals surface area contributed by atoms with Gasteiger partial charge in [0.1, 0.15) is 0 Å². The fourth-order valence-electron chi connectivity index (χ4n) is 2.01.